The molecule has 0 unspecified atom stereocenters. The first kappa shape index (κ1) is 22.3. The van der Waals surface area contributed by atoms with Crippen molar-refractivity contribution in [1.29, 1.82) is 0 Å². The highest BCUT2D eigenvalue weighted by Gasteiger charge is 2.18. The number of aryl methyl sites for hydroxylation is 1. The lowest BCUT2D eigenvalue weighted by molar-refractivity contribution is -0.112. The van der Waals surface area contributed by atoms with Crippen LogP contribution in [0.1, 0.15) is 6.92 Å². The highest BCUT2D eigenvalue weighted by atomic mass is 16.1. The number of hydrogen-bond donors (Lipinski definition) is 1. The van der Waals surface area contributed by atoms with Crippen LogP contribution in [0.25, 0.3) is 22.0 Å². The maximum atomic E-state index is 12.8. The summed E-state index contributed by atoms with van der Waals surface area (Å²) in [4.78, 5) is 17.2. The normalized spacial score (nSPS) is 15.7. The van der Waals surface area contributed by atoms with Crippen LogP contribution in [0, 0.1) is 0 Å². The van der Waals surface area contributed by atoms with Gasteiger partial charge in [0.25, 0.3) is 5.91 Å². The Morgan fingerprint density at radius 1 is 1.12 bits per heavy atom. The number of carbonyl (C=O) groups is 1. The van der Waals surface area contributed by atoms with Crippen molar-refractivity contribution in [2.75, 3.05) is 38.5 Å². The first-order chi connectivity index (χ1) is 15.9. The molecule has 1 aliphatic rings. The van der Waals surface area contributed by atoms with Gasteiger partial charge in [0, 0.05) is 62.7 Å². The summed E-state index contributed by atoms with van der Waals surface area (Å²) in [5, 5.41) is 24.1. The zero-order valence-corrected chi connectivity index (χ0v) is 19.1. The van der Waals surface area contributed by atoms with E-state index in [1.165, 1.54) is 0 Å². The van der Waals surface area contributed by atoms with Gasteiger partial charge in [0.15, 0.2) is 11.7 Å². The number of nitrogens with one attached hydrogen (secondary N) is 1. The molecule has 1 fully saturated rings. The molecular weight excluding hydrogens is 418 g/mol. The fourth-order valence-corrected chi connectivity index (χ4v) is 3.62. The molecule has 10 nitrogen and oxygen atoms in total. The first-order valence-electron chi connectivity index (χ1n) is 10.7. The Kier molecular flexibility index (Phi) is 6.55. The summed E-state index contributed by atoms with van der Waals surface area (Å²) in [7, 11) is 3.96. The molecular formula is C23H27N9O. The lowest BCUT2D eigenvalue weighted by Gasteiger charge is -2.33. The topological polar surface area (TPSA) is 104 Å². The van der Waals surface area contributed by atoms with Crippen molar-refractivity contribution < 1.29 is 4.79 Å². The van der Waals surface area contributed by atoms with Crippen molar-refractivity contribution >= 4 is 35.2 Å². The van der Waals surface area contributed by atoms with Crippen LogP contribution < -0.4 is 5.32 Å². The van der Waals surface area contributed by atoms with E-state index >= 15 is 0 Å². The van der Waals surface area contributed by atoms with E-state index < -0.39 is 0 Å². The standard InChI is InChI=1S/C23H27N9O/c1-16(11-22(29-24-2)32-9-7-30(3)8-10-32)23(33)26-21-13-18-12-17(5-6-20(18)27-28-21)19-14-25-31(4)15-19/h5-6,11-15H,2,7-10H2,1,3-4H3,(H,26,28,33)/b16-11+,29-22+. The number of aromatic nitrogens is 4. The second-order valence-electron chi connectivity index (χ2n) is 8.08. The number of carbonyl (C=O) groups excluding carboxylic acids is 1. The third-order valence-electron chi connectivity index (χ3n) is 5.57. The number of nitrogens with zero attached hydrogens (tertiary/aromatic N) is 8. The number of hydrogen-bond acceptors (Lipinski definition) is 7. The van der Waals surface area contributed by atoms with Gasteiger partial charge in [-0.05, 0) is 43.8 Å². The minimum atomic E-state index is -0.280. The van der Waals surface area contributed by atoms with Crippen LogP contribution in [-0.2, 0) is 11.8 Å². The van der Waals surface area contributed by atoms with Gasteiger partial charge in [0.1, 0.15) is 0 Å². The largest absolute Gasteiger partial charge is 0.353 e. The zero-order valence-electron chi connectivity index (χ0n) is 19.1. The second-order valence-corrected chi connectivity index (χ2v) is 8.08. The Morgan fingerprint density at radius 2 is 1.91 bits per heavy atom. The number of benzene rings is 1. The summed E-state index contributed by atoms with van der Waals surface area (Å²) in [5.74, 6) is 0.720. The van der Waals surface area contributed by atoms with Crippen LogP contribution in [0.2, 0.25) is 0 Å². The summed E-state index contributed by atoms with van der Waals surface area (Å²) < 4.78 is 1.76. The molecule has 0 bridgehead atoms. The van der Waals surface area contributed by atoms with Crippen molar-refractivity contribution in [3.05, 3.63) is 48.3 Å². The SMILES string of the molecule is C=N/N=C(\C=C(/C)C(=O)Nc1cc2cc(-c3cnn(C)c3)ccc2nn1)N1CCN(C)CC1. The molecule has 2 aromatic heterocycles. The molecule has 170 valence electrons. The molecule has 1 amide bonds. The Bertz CT molecular complexity index is 1240. The van der Waals surface area contributed by atoms with Crippen molar-refractivity contribution in [1.82, 2.24) is 29.8 Å². The molecule has 4 rings (SSSR count). The summed E-state index contributed by atoms with van der Waals surface area (Å²) in [6.45, 7) is 8.66. The van der Waals surface area contributed by atoms with Gasteiger partial charge in [0.2, 0.25) is 0 Å². The van der Waals surface area contributed by atoms with Crippen LogP contribution in [0.3, 0.4) is 0 Å². The summed E-state index contributed by atoms with van der Waals surface area (Å²) in [6.07, 6.45) is 5.48. The maximum Gasteiger partial charge on any atom is 0.252 e. The van der Waals surface area contributed by atoms with Gasteiger partial charge in [-0.1, -0.05) is 6.07 Å². The molecule has 3 heterocycles. The lowest BCUT2D eigenvalue weighted by atomic mass is 10.1. The third-order valence-corrected chi connectivity index (χ3v) is 5.57. The molecule has 10 heteroatoms. The smallest absolute Gasteiger partial charge is 0.252 e. The van der Waals surface area contributed by atoms with E-state index in [9.17, 15) is 4.79 Å². The molecule has 0 saturated carbocycles. The minimum Gasteiger partial charge on any atom is -0.353 e. The summed E-state index contributed by atoms with van der Waals surface area (Å²) >= 11 is 0. The van der Waals surface area contributed by atoms with Gasteiger partial charge in [-0.2, -0.15) is 10.2 Å². The summed E-state index contributed by atoms with van der Waals surface area (Å²) in [5.41, 5.74) is 3.26. The number of amides is 1. The monoisotopic (exact) mass is 445 g/mol. The van der Waals surface area contributed by atoms with Gasteiger partial charge < -0.3 is 15.1 Å². The molecule has 1 aliphatic heterocycles. The van der Waals surface area contributed by atoms with Crippen molar-refractivity contribution in [3.63, 3.8) is 0 Å². The van der Waals surface area contributed by atoms with Crippen LogP contribution in [0.15, 0.2) is 58.5 Å². The van der Waals surface area contributed by atoms with E-state index in [-0.39, 0.29) is 5.91 Å². The molecule has 1 aromatic carbocycles. The van der Waals surface area contributed by atoms with E-state index in [1.807, 2.05) is 43.7 Å². The van der Waals surface area contributed by atoms with Crippen LogP contribution >= 0.6 is 0 Å². The quantitative estimate of drug-likeness (QED) is 0.279. The van der Waals surface area contributed by atoms with E-state index in [0.717, 1.165) is 48.2 Å². The van der Waals surface area contributed by atoms with Crippen LogP contribution in [-0.4, -0.2) is 81.5 Å². The number of fused-ring (bicyclic) bond motifs is 1. The second kappa shape index (κ2) is 9.70. The van der Waals surface area contributed by atoms with Crippen LogP contribution in [0.5, 0.6) is 0 Å². The minimum absolute atomic E-state index is 0.280. The van der Waals surface area contributed by atoms with Gasteiger partial charge in [0.05, 0.1) is 11.7 Å². The van der Waals surface area contributed by atoms with E-state index in [2.05, 4.69) is 54.4 Å². The molecule has 0 spiro atoms. The Balaban J connectivity index is 1.52. The van der Waals surface area contributed by atoms with E-state index in [4.69, 9.17) is 0 Å². The molecule has 0 radical (unpaired) electrons. The number of amidine groups is 1. The summed E-state index contributed by atoms with van der Waals surface area (Å²) in [6, 6.07) is 7.70. The first-order valence-corrected chi connectivity index (χ1v) is 10.7. The van der Waals surface area contributed by atoms with Gasteiger partial charge >= 0.3 is 0 Å². The highest BCUT2D eigenvalue weighted by molar-refractivity contribution is 6.08. The zero-order chi connectivity index (χ0) is 23.4. The molecule has 3 aromatic rings. The van der Waals surface area contributed by atoms with E-state index in [0.29, 0.717) is 17.2 Å². The average molecular weight is 446 g/mol. The highest BCUT2D eigenvalue weighted by Crippen LogP contribution is 2.24. The molecule has 33 heavy (non-hydrogen) atoms. The van der Waals surface area contributed by atoms with Crippen molar-refractivity contribution in [2.45, 2.75) is 6.92 Å². The fourth-order valence-electron chi connectivity index (χ4n) is 3.62. The molecule has 1 saturated heterocycles. The maximum absolute atomic E-state index is 12.8. The average Bonchev–Trinajstić information content (AvgIpc) is 3.25. The number of rotatable bonds is 5. The molecule has 0 aliphatic carbocycles. The van der Waals surface area contributed by atoms with Crippen LogP contribution in [0.4, 0.5) is 5.82 Å². The predicted molar refractivity (Wildman–Crippen MR) is 130 cm³/mol. The van der Waals surface area contributed by atoms with E-state index in [1.54, 1.807) is 17.7 Å². The van der Waals surface area contributed by atoms with Gasteiger partial charge in [-0.3, -0.25) is 9.48 Å². The number of likely N-dealkylation sites (N-methyl/N-ethyl adjacent to an activating group) is 1. The van der Waals surface area contributed by atoms with Gasteiger partial charge in [-0.15, -0.1) is 15.3 Å². The predicted octanol–water partition coefficient (Wildman–Crippen LogP) is 2.18. The van der Waals surface area contributed by atoms with Crippen molar-refractivity contribution in [2.24, 2.45) is 17.3 Å². The van der Waals surface area contributed by atoms with Crippen molar-refractivity contribution in [3.8, 4) is 11.1 Å². The number of piperazine rings is 1. The Morgan fingerprint density at radius 3 is 2.61 bits per heavy atom. The lowest BCUT2D eigenvalue weighted by Crippen LogP contribution is -2.46. The Hall–Kier alpha value is -3.92. The molecule has 0 atom stereocenters. The van der Waals surface area contributed by atoms with Gasteiger partial charge in [-0.25, -0.2) is 0 Å². The number of anilines is 1. The molecule has 1 N–H and O–H groups in total. The fraction of sp³-hybridized carbons (Fsp3) is 0.304. The Labute approximate surface area is 192 Å². The third kappa shape index (κ3) is 5.29.